The molecule has 0 saturated carbocycles. The zero-order valence-electron chi connectivity index (χ0n) is 17.1. The highest BCUT2D eigenvalue weighted by Crippen LogP contribution is 2.18. The number of carbonyl (C=O) groups excluding carboxylic acids is 1. The number of aromatic nitrogens is 4. The van der Waals surface area contributed by atoms with Gasteiger partial charge in [-0.05, 0) is 41.8 Å². The van der Waals surface area contributed by atoms with E-state index in [-0.39, 0.29) is 5.91 Å². The van der Waals surface area contributed by atoms with Crippen LogP contribution in [0.15, 0.2) is 73.2 Å². The molecule has 4 aromatic rings. The zero-order valence-corrected chi connectivity index (χ0v) is 17.1. The van der Waals surface area contributed by atoms with Gasteiger partial charge in [-0.1, -0.05) is 18.2 Å². The molecule has 1 fully saturated rings. The van der Waals surface area contributed by atoms with E-state index in [1.54, 1.807) is 12.4 Å². The highest BCUT2D eigenvalue weighted by atomic mass is 16.2. The van der Waals surface area contributed by atoms with E-state index in [0.717, 1.165) is 35.5 Å². The van der Waals surface area contributed by atoms with Crippen molar-refractivity contribution in [2.75, 3.05) is 36.4 Å². The van der Waals surface area contributed by atoms with E-state index in [9.17, 15) is 4.79 Å². The minimum absolute atomic E-state index is 0.142. The average Bonchev–Trinajstić information content (AvgIpc) is 3.23. The van der Waals surface area contributed by atoms with Gasteiger partial charge in [0.25, 0.3) is 0 Å². The van der Waals surface area contributed by atoms with Gasteiger partial charge in [-0.25, -0.2) is 0 Å². The van der Waals surface area contributed by atoms with Gasteiger partial charge in [-0.2, -0.15) is 0 Å². The van der Waals surface area contributed by atoms with E-state index in [4.69, 9.17) is 0 Å². The molecule has 1 aliphatic rings. The van der Waals surface area contributed by atoms with E-state index in [0.29, 0.717) is 25.5 Å². The minimum Gasteiger partial charge on any atom is -0.352 e. The molecular weight excluding hydrogens is 390 g/mol. The molecule has 3 aromatic heterocycles. The van der Waals surface area contributed by atoms with Gasteiger partial charge in [-0.15, -0.1) is 10.2 Å². The Kier molecular flexibility index (Phi) is 5.18. The fourth-order valence-corrected chi connectivity index (χ4v) is 3.85. The monoisotopic (exact) mass is 413 g/mol. The smallest absolute Gasteiger partial charge is 0.242 e. The second-order valence-electron chi connectivity index (χ2n) is 7.51. The van der Waals surface area contributed by atoms with Gasteiger partial charge in [0.15, 0.2) is 11.6 Å². The summed E-state index contributed by atoms with van der Waals surface area (Å²) in [5, 5.41) is 12.9. The van der Waals surface area contributed by atoms with Gasteiger partial charge >= 0.3 is 0 Å². The topological polar surface area (TPSA) is 79.2 Å². The summed E-state index contributed by atoms with van der Waals surface area (Å²) in [6.07, 6.45) is 5.45. The predicted octanol–water partition coefficient (Wildman–Crippen LogP) is 2.92. The fraction of sp³-hybridized carbons (Fsp3) is 0.217. The molecule has 0 radical (unpaired) electrons. The second kappa shape index (κ2) is 8.43. The molecule has 0 unspecified atom stereocenters. The lowest BCUT2D eigenvalue weighted by Gasteiger charge is -2.35. The molecule has 156 valence electrons. The van der Waals surface area contributed by atoms with Crippen LogP contribution in [-0.4, -0.2) is 56.7 Å². The Hall–Kier alpha value is -3.94. The van der Waals surface area contributed by atoms with Crippen LogP contribution in [0.1, 0.15) is 0 Å². The second-order valence-corrected chi connectivity index (χ2v) is 7.51. The first-order chi connectivity index (χ1) is 15.3. The number of piperazine rings is 1. The van der Waals surface area contributed by atoms with Crippen LogP contribution in [0.5, 0.6) is 0 Å². The Morgan fingerprint density at radius 2 is 1.81 bits per heavy atom. The third kappa shape index (κ3) is 4.18. The molecule has 0 aliphatic carbocycles. The van der Waals surface area contributed by atoms with Crippen molar-refractivity contribution in [3.8, 4) is 0 Å². The van der Waals surface area contributed by atoms with Crippen molar-refractivity contribution >= 4 is 34.1 Å². The van der Waals surface area contributed by atoms with E-state index in [1.807, 2.05) is 64.2 Å². The molecule has 5 rings (SSSR count). The van der Waals surface area contributed by atoms with Crippen LogP contribution >= 0.6 is 0 Å². The van der Waals surface area contributed by atoms with Crippen LogP contribution in [0.25, 0.3) is 10.9 Å². The Bertz CT molecular complexity index is 1170. The first-order valence-electron chi connectivity index (χ1n) is 10.3. The number of nitrogens with zero attached hydrogens (tertiary/aromatic N) is 6. The molecule has 1 saturated heterocycles. The molecule has 0 bridgehead atoms. The molecule has 8 heteroatoms. The van der Waals surface area contributed by atoms with Crippen molar-refractivity contribution in [3.05, 3.63) is 73.2 Å². The summed E-state index contributed by atoms with van der Waals surface area (Å²) >= 11 is 0. The third-order valence-electron chi connectivity index (χ3n) is 5.53. The Balaban J connectivity index is 1.17. The SMILES string of the molecule is O=C(Cn1ccc2ccccc21)N1CCN(c2ccc(Nc3cccnc3)nn2)CC1. The van der Waals surface area contributed by atoms with Crippen molar-refractivity contribution in [1.82, 2.24) is 24.6 Å². The number of anilines is 3. The Morgan fingerprint density at radius 3 is 2.58 bits per heavy atom. The van der Waals surface area contributed by atoms with Gasteiger partial charge in [0.05, 0.1) is 11.9 Å². The maximum absolute atomic E-state index is 12.8. The van der Waals surface area contributed by atoms with Crippen LogP contribution in [0, 0.1) is 0 Å². The van der Waals surface area contributed by atoms with Crippen LogP contribution in [0.4, 0.5) is 17.3 Å². The zero-order chi connectivity index (χ0) is 21.0. The Morgan fingerprint density at radius 1 is 0.935 bits per heavy atom. The normalized spacial score (nSPS) is 14.1. The van der Waals surface area contributed by atoms with Crippen molar-refractivity contribution in [3.63, 3.8) is 0 Å². The van der Waals surface area contributed by atoms with Crippen molar-refractivity contribution < 1.29 is 4.79 Å². The van der Waals surface area contributed by atoms with Crippen molar-refractivity contribution in [2.24, 2.45) is 0 Å². The molecule has 31 heavy (non-hydrogen) atoms. The molecule has 0 atom stereocenters. The molecule has 1 N–H and O–H groups in total. The van der Waals surface area contributed by atoms with Gasteiger partial charge < -0.3 is 19.7 Å². The van der Waals surface area contributed by atoms with Crippen molar-refractivity contribution in [2.45, 2.75) is 6.54 Å². The molecule has 4 heterocycles. The number of pyridine rings is 1. The first-order valence-corrected chi connectivity index (χ1v) is 10.3. The van der Waals surface area contributed by atoms with Crippen molar-refractivity contribution in [1.29, 1.82) is 0 Å². The molecule has 1 aliphatic heterocycles. The van der Waals surface area contributed by atoms with Crippen LogP contribution < -0.4 is 10.2 Å². The average molecular weight is 413 g/mol. The molecule has 1 aromatic carbocycles. The summed E-state index contributed by atoms with van der Waals surface area (Å²) in [7, 11) is 0. The highest BCUT2D eigenvalue weighted by Gasteiger charge is 2.22. The first kappa shape index (κ1) is 19.0. The molecule has 8 nitrogen and oxygen atoms in total. The number of hydrogen-bond donors (Lipinski definition) is 1. The van der Waals surface area contributed by atoms with Crippen LogP contribution in [-0.2, 0) is 11.3 Å². The minimum atomic E-state index is 0.142. The fourth-order valence-electron chi connectivity index (χ4n) is 3.85. The summed E-state index contributed by atoms with van der Waals surface area (Å²) in [6.45, 7) is 3.19. The molecular formula is C23H23N7O. The number of carbonyl (C=O) groups is 1. The van der Waals surface area contributed by atoms with E-state index in [2.05, 4.69) is 31.5 Å². The standard InChI is InChI=1S/C23H23N7O/c31-23(17-30-11-9-18-4-1-2-6-20(18)30)29-14-12-28(13-15-29)22-8-7-21(26-27-22)25-19-5-3-10-24-16-19/h1-11,16H,12-15,17H2,(H,25,26). The van der Waals surface area contributed by atoms with Gasteiger partial charge in [0.1, 0.15) is 6.54 Å². The maximum Gasteiger partial charge on any atom is 0.242 e. The van der Waals surface area contributed by atoms with E-state index >= 15 is 0 Å². The third-order valence-corrected chi connectivity index (χ3v) is 5.53. The van der Waals surface area contributed by atoms with Crippen LogP contribution in [0.3, 0.4) is 0 Å². The lowest BCUT2D eigenvalue weighted by molar-refractivity contribution is -0.132. The summed E-state index contributed by atoms with van der Waals surface area (Å²) in [5.41, 5.74) is 1.96. The molecule has 1 amide bonds. The van der Waals surface area contributed by atoms with E-state index in [1.165, 1.54) is 0 Å². The van der Waals surface area contributed by atoms with Gasteiger partial charge in [0, 0.05) is 44.1 Å². The number of nitrogens with one attached hydrogen (secondary N) is 1. The summed E-state index contributed by atoms with van der Waals surface area (Å²) < 4.78 is 2.02. The summed E-state index contributed by atoms with van der Waals surface area (Å²) in [4.78, 5) is 21.0. The largest absolute Gasteiger partial charge is 0.352 e. The number of amides is 1. The lowest BCUT2D eigenvalue weighted by atomic mass is 10.2. The van der Waals surface area contributed by atoms with E-state index < -0.39 is 0 Å². The number of benzene rings is 1. The maximum atomic E-state index is 12.8. The Labute approximate surface area is 180 Å². The quantitative estimate of drug-likeness (QED) is 0.542. The highest BCUT2D eigenvalue weighted by molar-refractivity contribution is 5.83. The number of para-hydroxylation sites is 1. The predicted molar refractivity (Wildman–Crippen MR) is 120 cm³/mol. The van der Waals surface area contributed by atoms with Gasteiger partial charge in [-0.3, -0.25) is 9.78 Å². The summed E-state index contributed by atoms with van der Waals surface area (Å²) in [5.74, 6) is 1.63. The lowest BCUT2D eigenvalue weighted by Crippen LogP contribution is -2.49. The number of rotatable bonds is 5. The number of hydrogen-bond acceptors (Lipinski definition) is 6. The van der Waals surface area contributed by atoms with Gasteiger partial charge in [0.2, 0.25) is 5.91 Å². The van der Waals surface area contributed by atoms with Crippen LogP contribution in [0.2, 0.25) is 0 Å². The molecule has 0 spiro atoms. The summed E-state index contributed by atoms with van der Waals surface area (Å²) in [6, 6.07) is 17.8. The number of fused-ring (bicyclic) bond motifs is 1.